The van der Waals surface area contributed by atoms with E-state index in [1.165, 1.54) is 7.11 Å². The van der Waals surface area contributed by atoms with Gasteiger partial charge in [0.05, 0.1) is 24.5 Å². The molecule has 0 spiro atoms. The van der Waals surface area contributed by atoms with E-state index in [4.69, 9.17) is 4.74 Å². The highest BCUT2D eigenvalue weighted by molar-refractivity contribution is 5.83. The molecule has 32 heavy (non-hydrogen) atoms. The summed E-state index contributed by atoms with van der Waals surface area (Å²) in [6.45, 7) is 6.57. The third kappa shape index (κ3) is 5.08. The number of carbonyl (C=O) groups is 2. The fourth-order valence-corrected chi connectivity index (χ4v) is 5.05. The maximum Gasteiger partial charge on any atom is 0.417 e. The topological polar surface area (TPSA) is 71.5 Å². The summed E-state index contributed by atoms with van der Waals surface area (Å²) < 4.78 is 44.1. The van der Waals surface area contributed by atoms with Crippen molar-refractivity contribution >= 4 is 11.9 Å². The second kappa shape index (κ2) is 9.37. The lowest BCUT2D eigenvalue weighted by molar-refractivity contribution is -0.146. The predicted molar refractivity (Wildman–Crippen MR) is 113 cm³/mol. The lowest BCUT2D eigenvalue weighted by atomic mass is 9.74. The van der Waals surface area contributed by atoms with E-state index in [2.05, 4.69) is 10.3 Å². The first kappa shape index (κ1) is 24.5. The second-order valence-electron chi connectivity index (χ2n) is 9.40. The van der Waals surface area contributed by atoms with Crippen molar-refractivity contribution < 1.29 is 27.5 Å². The molecule has 3 rings (SSSR count). The summed E-state index contributed by atoms with van der Waals surface area (Å²) in [6, 6.07) is 1.15. The summed E-state index contributed by atoms with van der Waals surface area (Å²) in [6.07, 6.45) is -0.735. The first-order valence-electron chi connectivity index (χ1n) is 11.1. The van der Waals surface area contributed by atoms with Crippen molar-refractivity contribution in [3.8, 4) is 0 Å². The first-order valence-corrected chi connectivity index (χ1v) is 11.1. The SMILES string of the molecule is COC(=O)CC(C)N[C@@H]1CC[C@@](C(=O)N2CCc3ncc(C(F)(F)F)cc3C2)(C(C)C)C1. The molecule has 1 N–H and O–H groups in total. The number of hydrogen-bond acceptors (Lipinski definition) is 5. The quantitative estimate of drug-likeness (QED) is 0.662. The van der Waals surface area contributed by atoms with Crippen molar-refractivity contribution in [2.45, 2.75) is 77.7 Å². The van der Waals surface area contributed by atoms with Crippen LogP contribution in [-0.2, 0) is 33.5 Å². The Bertz CT molecular complexity index is 859. The van der Waals surface area contributed by atoms with Gasteiger partial charge >= 0.3 is 12.1 Å². The van der Waals surface area contributed by atoms with Crippen LogP contribution in [0.2, 0.25) is 0 Å². The number of alkyl halides is 3. The average molecular weight is 456 g/mol. The van der Waals surface area contributed by atoms with Gasteiger partial charge in [-0.1, -0.05) is 13.8 Å². The monoisotopic (exact) mass is 455 g/mol. The average Bonchev–Trinajstić information content (AvgIpc) is 3.16. The fraction of sp³-hybridized carbons (Fsp3) is 0.696. The van der Waals surface area contributed by atoms with Gasteiger partial charge in [0.15, 0.2) is 0 Å². The van der Waals surface area contributed by atoms with Crippen molar-refractivity contribution in [1.82, 2.24) is 15.2 Å². The molecule has 2 aliphatic rings. The summed E-state index contributed by atoms with van der Waals surface area (Å²) in [5.41, 5.74) is -0.260. The van der Waals surface area contributed by atoms with Crippen LogP contribution in [0, 0.1) is 11.3 Å². The van der Waals surface area contributed by atoms with Crippen LogP contribution in [0.5, 0.6) is 0 Å². The molecule has 3 atom stereocenters. The Balaban J connectivity index is 1.73. The molecule has 1 aliphatic carbocycles. The fourth-order valence-electron chi connectivity index (χ4n) is 5.05. The van der Waals surface area contributed by atoms with Crippen LogP contribution in [0.25, 0.3) is 0 Å². The Labute approximate surface area is 186 Å². The van der Waals surface area contributed by atoms with Crippen molar-refractivity contribution in [2.75, 3.05) is 13.7 Å². The number of aromatic nitrogens is 1. The van der Waals surface area contributed by atoms with E-state index in [1.54, 1.807) is 4.90 Å². The van der Waals surface area contributed by atoms with E-state index in [-0.39, 0.29) is 42.8 Å². The molecule has 1 saturated carbocycles. The van der Waals surface area contributed by atoms with E-state index in [0.717, 1.165) is 18.7 Å². The molecular weight excluding hydrogens is 423 g/mol. The lowest BCUT2D eigenvalue weighted by Gasteiger charge is -2.39. The van der Waals surface area contributed by atoms with Crippen LogP contribution in [0.4, 0.5) is 13.2 Å². The highest BCUT2D eigenvalue weighted by atomic mass is 19.4. The predicted octanol–water partition coefficient (Wildman–Crippen LogP) is 3.72. The number of esters is 1. The minimum atomic E-state index is -4.46. The molecule has 0 saturated heterocycles. The second-order valence-corrected chi connectivity index (χ2v) is 9.40. The molecule has 178 valence electrons. The molecule has 0 radical (unpaired) electrons. The summed E-state index contributed by atoms with van der Waals surface area (Å²) in [4.78, 5) is 30.9. The lowest BCUT2D eigenvalue weighted by Crippen LogP contribution is -2.48. The maximum absolute atomic E-state index is 13.7. The first-order chi connectivity index (χ1) is 15.0. The van der Waals surface area contributed by atoms with Gasteiger partial charge in [0.25, 0.3) is 0 Å². The molecule has 1 aromatic rings. The highest BCUT2D eigenvalue weighted by Gasteiger charge is 2.49. The van der Waals surface area contributed by atoms with Crippen LogP contribution in [0.15, 0.2) is 12.3 Å². The molecule has 1 aromatic heterocycles. The van der Waals surface area contributed by atoms with E-state index in [9.17, 15) is 22.8 Å². The summed E-state index contributed by atoms with van der Waals surface area (Å²) in [5, 5.41) is 3.44. The van der Waals surface area contributed by atoms with Gasteiger partial charge in [-0.15, -0.1) is 0 Å². The molecule has 9 heteroatoms. The zero-order valence-electron chi connectivity index (χ0n) is 19.1. The van der Waals surface area contributed by atoms with Crippen LogP contribution in [0.1, 0.15) is 63.3 Å². The number of rotatable bonds is 6. The molecule has 2 heterocycles. The van der Waals surface area contributed by atoms with Crippen molar-refractivity contribution in [2.24, 2.45) is 11.3 Å². The maximum atomic E-state index is 13.7. The number of ether oxygens (including phenoxy) is 1. The van der Waals surface area contributed by atoms with Gasteiger partial charge in [-0.2, -0.15) is 13.2 Å². The molecular formula is C23H32F3N3O3. The molecule has 1 fully saturated rings. The summed E-state index contributed by atoms with van der Waals surface area (Å²) in [5.74, 6) is -0.202. The number of pyridine rings is 1. The Morgan fingerprint density at radius 1 is 1.34 bits per heavy atom. The molecule has 6 nitrogen and oxygen atoms in total. The van der Waals surface area contributed by atoms with E-state index in [1.807, 2.05) is 20.8 Å². The van der Waals surface area contributed by atoms with Crippen molar-refractivity contribution in [3.63, 3.8) is 0 Å². The number of hydrogen-bond donors (Lipinski definition) is 1. The standard InChI is InChI=1S/C23H32F3N3O3/c1-14(2)22(7-5-18(11-22)28-15(3)9-20(30)32-4)21(31)29-8-6-19-16(13-29)10-17(12-27-19)23(24,25)26/h10,12,14-15,18,28H,5-9,11,13H2,1-4H3/t15?,18-,22+/m1/s1. The number of amides is 1. The zero-order chi connectivity index (χ0) is 23.7. The van der Waals surface area contributed by atoms with Crippen molar-refractivity contribution in [1.29, 1.82) is 0 Å². The van der Waals surface area contributed by atoms with E-state index >= 15 is 0 Å². The Kier molecular flexibility index (Phi) is 7.17. The van der Waals surface area contributed by atoms with Crippen LogP contribution < -0.4 is 5.32 Å². The minimum Gasteiger partial charge on any atom is -0.469 e. The third-order valence-electron chi connectivity index (χ3n) is 6.96. The van der Waals surface area contributed by atoms with Gasteiger partial charge in [0.1, 0.15) is 0 Å². The summed E-state index contributed by atoms with van der Waals surface area (Å²) >= 11 is 0. The van der Waals surface area contributed by atoms with Crippen LogP contribution >= 0.6 is 0 Å². The molecule has 0 aromatic carbocycles. The van der Waals surface area contributed by atoms with E-state index < -0.39 is 17.2 Å². The molecule has 1 amide bonds. The van der Waals surface area contributed by atoms with Gasteiger partial charge in [0, 0.05) is 43.5 Å². The van der Waals surface area contributed by atoms with Gasteiger partial charge < -0.3 is 15.0 Å². The van der Waals surface area contributed by atoms with E-state index in [0.29, 0.717) is 37.1 Å². The smallest absolute Gasteiger partial charge is 0.417 e. The van der Waals surface area contributed by atoms with Gasteiger partial charge in [-0.25, -0.2) is 0 Å². The number of halogens is 3. The van der Waals surface area contributed by atoms with Crippen molar-refractivity contribution in [3.05, 3.63) is 29.1 Å². The number of carbonyl (C=O) groups excluding carboxylic acids is 2. The van der Waals surface area contributed by atoms with Gasteiger partial charge in [-0.05, 0) is 43.7 Å². The number of nitrogens with zero attached hydrogens (tertiary/aromatic N) is 2. The normalized spacial score (nSPS) is 24.4. The Morgan fingerprint density at radius 2 is 2.06 bits per heavy atom. The van der Waals surface area contributed by atoms with Crippen LogP contribution in [0.3, 0.4) is 0 Å². The van der Waals surface area contributed by atoms with Gasteiger partial charge in [0.2, 0.25) is 5.91 Å². The number of fused-ring (bicyclic) bond motifs is 1. The zero-order valence-corrected chi connectivity index (χ0v) is 19.1. The minimum absolute atomic E-state index is 0.000447. The Hall–Kier alpha value is -2.16. The third-order valence-corrected chi connectivity index (χ3v) is 6.96. The number of nitrogens with one attached hydrogen (secondary N) is 1. The van der Waals surface area contributed by atoms with Gasteiger partial charge in [-0.3, -0.25) is 14.6 Å². The Morgan fingerprint density at radius 3 is 2.69 bits per heavy atom. The molecule has 1 aliphatic heterocycles. The largest absolute Gasteiger partial charge is 0.469 e. The molecule has 0 bridgehead atoms. The molecule has 1 unspecified atom stereocenters. The summed E-state index contributed by atoms with van der Waals surface area (Å²) in [7, 11) is 1.36. The highest BCUT2D eigenvalue weighted by Crippen LogP contribution is 2.46. The van der Waals surface area contributed by atoms with Crippen LogP contribution in [-0.4, -0.2) is 47.5 Å². The number of methoxy groups -OCH3 is 1.